The molecule has 0 aromatic carbocycles. The number of unbranched alkanes of at least 4 members (excludes halogenated alkanes) is 2. The molecule has 4 rings (SSSR count). The zero-order valence-electron chi connectivity index (χ0n) is 72.0. The van der Waals surface area contributed by atoms with Crippen molar-refractivity contribution in [3.05, 3.63) is 0 Å². The van der Waals surface area contributed by atoms with Crippen LogP contribution < -0.4 is 98.2 Å². The number of ether oxygens (including phenoxy) is 9. The van der Waals surface area contributed by atoms with Crippen LogP contribution >= 0.6 is 0 Å². The molecule has 55 nitrogen and oxygen atoms in total. The molecule has 0 bridgehead atoms. The highest BCUT2D eigenvalue weighted by atomic mass is 16.8. The molecule has 0 aromatic heterocycles. The second-order valence-corrected chi connectivity index (χ2v) is 31.1. The van der Waals surface area contributed by atoms with E-state index in [9.17, 15) is 137 Å². The lowest BCUT2D eigenvalue weighted by Gasteiger charge is -2.52. The van der Waals surface area contributed by atoms with Gasteiger partial charge in [-0.05, 0) is 79.1 Å². The van der Waals surface area contributed by atoms with E-state index in [1.807, 2.05) is 0 Å². The highest BCUT2D eigenvalue weighted by Crippen LogP contribution is 2.37. The minimum atomic E-state index is -2.27. The molecule has 4 fully saturated rings. The molecule has 129 heavy (non-hydrogen) atoms. The van der Waals surface area contributed by atoms with Gasteiger partial charge < -0.3 is 192 Å². The van der Waals surface area contributed by atoms with Gasteiger partial charge in [0.2, 0.25) is 94.5 Å². The molecule has 4 aliphatic heterocycles. The monoisotopic (exact) mass is 1860 g/mol. The number of carbonyl (C=O) groups excluding carboxylic acids is 16. The van der Waals surface area contributed by atoms with Gasteiger partial charge in [0.1, 0.15) is 146 Å². The van der Waals surface area contributed by atoms with Crippen molar-refractivity contribution in [1.29, 1.82) is 0 Å². The van der Waals surface area contributed by atoms with Gasteiger partial charge in [-0.2, -0.15) is 0 Å². The highest BCUT2D eigenvalue weighted by molar-refractivity contribution is 5.94. The summed E-state index contributed by atoms with van der Waals surface area (Å²) in [4.78, 5) is 230. The Morgan fingerprint density at radius 3 is 1.05 bits per heavy atom. The Morgan fingerprint density at radius 1 is 0.357 bits per heavy atom. The van der Waals surface area contributed by atoms with Crippen molar-refractivity contribution in [1.82, 2.24) is 63.8 Å². The van der Waals surface area contributed by atoms with E-state index in [-0.39, 0.29) is 58.0 Å². The molecular weight excluding hydrogens is 1730 g/mol. The molecule has 4 heterocycles. The summed E-state index contributed by atoms with van der Waals surface area (Å²) in [6, 6.07) is -19.4. The Labute approximate surface area is 737 Å². The minimum Gasteiger partial charge on any atom is -0.480 e. The first kappa shape index (κ1) is 111. The van der Waals surface area contributed by atoms with Gasteiger partial charge in [0.15, 0.2) is 25.2 Å². The Morgan fingerprint density at radius 2 is 0.690 bits per heavy atom. The minimum absolute atomic E-state index is 0.0457. The number of nitrogens with one attached hydrogen (secondary N) is 12. The smallest absolute Gasteiger partial charge is 0.326 e. The quantitative estimate of drug-likeness (QED) is 0.0251. The van der Waals surface area contributed by atoms with Crippen LogP contribution in [0.2, 0.25) is 0 Å². The van der Waals surface area contributed by atoms with E-state index in [0.717, 1.165) is 55.4 Å². The number of primary amides is 4. The molecule has 55 heteroatoms. The summed E-state index contributed by atoms with van der Waals surface area (Å²) < 4.78 is 55.7. The molecule has 4 saturated heterocycles. The fraction of sp³-hybridized carbons (Fsp3) is 0.757. The standard InChI is InChI=1S/C74H124N18O37/c1-27(65(112)91-37(63(79)110)15-17-45(101)89-39(69(116)117)13-9-11-19-81-47(103)21-35(75)61(77)108)83-67(114)29(3)121-59-51(87-33(7)99)71(120)123-43(25-95)57(59)128-73-50(86-32(6)98)55(107)56(42(24-94)125-73)127-74-52(88-34(8)100)60(58(44(26-96)126-74)129-72-49(85-31(5)97)54(106)53(105)41(23-93)124-72)122-30(4)68(115)84-28(2)66(113)92-38(64(80)111)16-18-46(102)90-40(70(118)119)14-10-12-20-82-48(104)22-36(76)62(78)109/h27-30,35-44,49-60,71-74,93-96,105-107,120H,9-26,75-76H2,1-8H3,(H2,77,108)(H2,78,109)(H2,79,110)(H2,80,111)(H,81,103)(H,82,104)(H,83,114)(H,84,115)(H,85,97)(H,86,98)(H,87,99)(H,88,100)(H,89,101)(H,90,102)(H,91,112)(H,92,113)(H,116,117)(H,118,119). The number of aliphatic hydroxyl groups is 8. The van der Waals surface area contributed by atoms with Crippen LogP contribution in [-0.2, 0) is 129 Å². The summed E-state index contributed by atoms with van der Waals surface area (Å²) >= 11 is 0. The molecule has 16 amide bonds. The number of aliphatic hydroxyl groups excluding tert-OH is 8. The van der Waals surface area contributed by atoms with Crippen LogP contribution in [0.25, 0.3) is 0 Å². The first-order valence-electron chi connectivity index (χ1n) is 41.1. The molecule has 34 N–H and O–H groups in total. The highest BCUT2D eigenvalue weighted by Gasteiger charge is 2.58. The zero-order valence-corrected chi connectivity index (χ0v) is 72.0. The summed E-state index contributed by atoms with van der Waals surface area (Å²) in [6.07, 6.45) is -38.0. The molecule has 0 saturated carbocycles. The van der Waals surface area contributed by atoms with Gasteiger partial charge in [0.25, 0.3) is 0 Å². The van der Waals surface area contributed by atoms with Crippen molar-refractivity contribution in [2.75, 3.05) is 39.5 Å². The van der Waals surface area contributed by atoms with E-state index < -0.39 is 348 Å². The average molecular weight is 1860 g/mol. The fourth-order valence-corrected chi connectivity index (χ4v) is 13.8. The molecule has 0 radical (unpaired) electrons. The number of nitrogens with two attached hydrogens (primary N) is 6. The molecule has 30 unspecified atom stereocenters. The second kappa shape index (κ2) is 53.7. The average Bonchev–Trinajstić information content (AvgIpc) is 0.760. The van der Waals surface area contributed by atoms with Crippen molar-refractivity contribution in [2.24, 2.45) is 34.4 Å². The van der Waals surface area contributed by atoms with E-state index in [0.29, 0.717) is 0 Å². The first-order valence-corrected chi connectivity index (χ1v) is 41.1. The van der Waals surface area contributed by atoms with Gasteiger partial charge in [-0.3, -0.25) is 76.7 Å². The molecule has 4 aliphatic rings. The predicted molar refractivity (Wildman–Crippen MR) is 429 cm³/mol. The van der Waals surface area contributed by atoms with E-state index >= 15 is 0 Å². The van der Waals surface area contributed by atoms with E-state index in [1.54, 1.807) is 0 Å². The van der Waals surface area contributed by atoms with Crippen LogP contribution in [0.3, 0.4) is 0 Å². The molecule has 0 aromatic rings. The number of carboxylic acid groups (broad SMARTS) is 2. The van der Waals surface area contributed by atoms with Crippen LogP contribution in [-0.4, -0.2) is 380 Å². The maximum absolute atomic E-state index is 14.4. The fourth-order valence-electron chi connectivity index (χ4n) is 13.8. The Kier molecular flexibility index (Phi) is 46.3. The maximum atomic E-state index is 14.4. The van der Waals surface area contributed by atoms with Gasteiger partial charge in [0, 0.05) is 53.6 Å². The number of hydrogen-bond donors (Lipinski definition) is 28. The third-order valence-electron chi connectivity index (χ3n) is 20.7. The van der Waals surface area contributed by atoms with E-state index in [1.165, 1.54) is 0 Å². The zero-order chi connectivity index (χ0) is 97.3. The summed E-state index contributed by atoms with van der Waals surface area (Å²) in [6.45, 7) is 3.87. The predicted octanol–water partition coefficient (Wildman–Crippen LogP) is -15.7. The van der Waals surface area contributed by atoms with Crippen molar-refractivity contribution < 1.29 is 180 Å². The number of carbonyl (C=O) groups is 18. The van der Waals surface area contributed by atoms with Crippen molar-refractivity contribution in [3.63, 3.8) is 0 Å². The maximum Gasteiger partial charge on any atom is 0.326 e. The second-order valence-electron chi connectivity index (χ2n) is 31.1. The van der Waals surface area contributed by atoms with Crippen molar-refractivity contribution in [3.8, 4) is 0 Å². The van der Waals surface area contributed by atoms with E-state index in [2.05, 4.69) is 63.8 Å². The molecular formula is C74H124N18O37. The molecule has 30 atom stereocenters. The summed E-state index contributed by atoms with van der Waals surface area (Å²) in [5.74, 6) is -18.2. The first-order chi connectivity index (χ1) is 60.5. The topological polar surface area (TPSA) is 893 Å². The van der Waals surface area contributed by atoms with Gasteiger partial charge in [0.05, 0.1) is 51.4 Å². The lowest BCUT2D eigenvalue weighted by molar-refractivity contribution is -0.365. The number of aliphatic carboxylic acids is 2. The molecule has 0 spiro atoms. The Bertz CT molecular complexity index is 3840. The SMILES string of the molecule is CC(=O)NC1C(OC2C(CO)OC(OC3C(CO)OC(OC4C(CO)OC(O)C(NC(C)=O)C4OC(C)C(=O)NC(C)C(=O)NC(CCC(=O)NC(CCCCNC(=O)CC(N)C(N)=O)C(=O)O)C(N)=O)C(NC(C)=O)C3O)C(NC(C)=O)C2OC(C)C(=O)NC(C)C(=O)NC(CCC(=O)NC(CCCCNC(=O)CC(N)C(N)=O)C(=O)O)C(N)=O)OC(CO)C(O)C1O. The summed E-state index contributed by atoms with van der Waals surface area (Å²) in [5.41, 5.74) is 32.3. The van der Waals surface area contributed by atoms with Crippen LogP contribution in [0, 0.1) is 0 Å². The molecule has 732 valence electrons. The Balaban J connectivity index is 1.63. The summed E-state index contributed by atoms with van der Waals surface area (Å²) in [7, 11) is 0. The largest absolute Gasteiger partial charge is 0.480 e. The van der Waals surface area contributed by atoms with E-state index in [4.69, 9.17) is 77.0 Å². The molecule has 0 aliphatic carbocycles. The number of carboxylic acids is 2. The number of amides is 16. The van der Waals surface area contributed by atoms with Crippen LogP contribution in [0.15, 0.2) is 0 Å². The lowest BCUT2D eigenvalue weighted by atomic mass is 9.92. The van der Waals surface area contributed by atoms with Gasteiger partial charge in [-0.15, -0.1) is 0 Å². The number of rotatable bonds is 54. The normalized spacial score (nSPS) is 27.9. The van der Waals surface area contributed by atoms with Gasteiger partial charge in [-0.25, -0.2) is 9.59 Å². The van der Waals surface area contributed by atoms with Crippen molar-refractivity contribution in [2.45, 2.75) is 316 Å². The van der Waals surface area contributed by atoms with Crippen molar-refractivity contribution >= 4 is 106 Å². The van der Waals surface area contributed by atoms with Gasteiger partial charge in [-0.1, -0.05) is 0 Å². The van der Waals surface area contributed by atoms with Gasteiger partial charge >= 0.3 is 11.9 Å². The Hall–Kier alpha value is -10.3. The summed E-state index contributed by atoms with van der Waals surface area (Å²) in [5, 5.41) is 138. The van der Waals surface area contributed by atoms with Crippen LogP contribution in [0.1, 0.15) is 132 Å². The third kappa shape index (κ3) is 35.2. The third-order valence-corrected chi connectivity index (χ3v) is 20.7. The lowest BCUT2D eigenvalue weighted by Crippen LogP contribution is -2.72. The number of hydrogen-bond acceptors (Lipinski definition) is 37. The van der Waals surface area contributed by atoms with Crippen LogP contribution in [0.5, 0.6) is 0 Å². The van der Waals surface area contributed by atoms with Crippen LogP contribution in [0.4, 0.5) is 0 Å².